The number of benzene rings is 7. The maximum absolute atomic E-state index is 4.08. The van der Waals surface area contributed by atoms with Gasteiger partial charge in [0.25, 0.3) is 0 Å². The second-order valence-corrected chi connectivity index (χ2v) is 17.6. The molecule has 0 fully saturated rings. The summed E-state index contributed by atoms with van der Waals surface area (Å²) in [5.41, 5.74) is 16.1. The Balaban J connectivity index is 0.000000175. The summed E-state index contributed by atoms with van der Waals surface area (Å²) in [6.07, 6.45) is 5.49. The van der Waals surface area contributed by atoms with Crippen LogP contribution < -0.4 is 0 Å². The van der Waals surface area contributed by atoms with Crippen molar-refractivity contribution in [3.63, 3.8) is 0 Å². The van der Waals surface area contributed by atoms with E-state index in [0.29, 0.717) is 0 Å². The van der Waals surface area contributed by atoms with Crippen molar-refractivity contribution in [2.24, 2.45) is 0 Å². The number of aromatic nitrogens is 5. The van der Waals surface area contributed by atoms with Crippen molar-refractivity contribution in [3.8, 4) is 0 Å². The summed E-state index contributed by atoms with van der Waals surface area (Å²) in [6.45, 7) is 28.8. The lowest BCUT2D eigenvalue weighted by Crippen LogP contribution is -1.86. The van der Waals surface area contributed by atoms with Gasteiger partial charge in [-0.2, -0.15) is 10.2 Å². The second kappa shape index (κ2) is 27.3. The van der Waals surface area contributed by atoms with Gasteiger partial charge in [-0.15, -0.1) is 0 Å². The Kier molecular flexibility index (Phi) is 21.4. The highest BCUT2D eigenvalue weighted by molar-refractivity contribution is 5.89. The van der Waals surface area contributed by atoms with Crippen LogP contribution in [0.15, 0.2) is 176 Å². The molecule has 0 aliphatic rings. The quantitative estimate of drug-likeness (QED) is 0.152. The van der Waals surface area contributed by atoms with E-state index in [1.807, 2.05) is 78.3 Å². The minimum Gasteiger partial charge on any atom is -0.261 e. The van der Waals surface area contributed by atoms with Gasteiger partial charge in [-0.3, -0.25) is 4.98 Å². The van der Waals surface area contributed by atoms with Crippen molar-refractivity contribution in [1.29, 1.82) is 0 Å². The highest BCUT2D eigenvalue weighted by atomic mass is 15.1. The molecule has 348 valence electrons. The third-order valence-electron chi connectivity index (χ3n) is 11.0. The Hall–Kier alpha value is -7.37. The number of fused-ring (bicyclic) bond motifs is 3. The van der Waals surface area contributed by atoms with Crippen molar-refractivity contribution in [1.82, 2.24) is 25.1 Å². The molecule has 0 atom stereocenters. The van der Waals surface area contributed by atoms with Gasteiger partial charge in [-0.1, -0.05) is 162 Å². The van der Waals surface area contributed by atoms with Crippen molar-refractivity contribution < 1.29 is 0 Å². The lowest BCUT2D eigenvalue weighted by molar-refractivity contribution is 0.941. The topological polar surface area (TPSA) is 64.5 Å². The molecule has 0 aliphatic carbocycles. The summed E-state index contributed by atoms with van der Waals surface area (Å²) in [6, 6.07) is 55.3. The van der Waals surface area contributed by atoms with Crippen molar-refractivity contribution in [3.05, 3.63) is 255 Å². The zero-order chi connectivity index (χ0) is 49.6. The van der Waals surface area contributed by atoms with Gasteiger partial charge in [-0.25, -0.2) is 9.97 Å². The molecule has 5 heteroatoms. The minimum atomic E-state index is 0.829. The number of hydrogen-bond acceptors (Lipinski definition) is 5. The minimum absolute atomic E-state index is 0.829. The van der Waals surface area contributed by atoms with Gasteiger partial charge in [-0.05, 0) is 181 Å². The van der Waals surface area contributed by atoms with Crippen molar-refractivity contribution in [2.45, 2.75) is 96.9 Å². The average Bonchev–Trinajstić information content (AvgIpc) is 3.33. The maximum atomic E-state index is 4.08. The van der Waals surface area contributed by atoms with Crippen LogP contribution in [0.5, 0.6) is 0 Å². The molecular formula is C63H71N5. The molecule has 0 radical (unpaired) electrons. The van der Waals surface area contributed by atoms with E-state index in [0.717, 1.165) is 28.5 Å². The van der Waals surface area contributed by atoms with Crippen LogP contribution >= 0.6 is 0 Å². The Morgan fingerprint density at radius 2 is 0.588 bits per heavy atom. The first-order chi connectivity index (χ1) is 32.5. The van der Waals surface area contributed by atoms with Crippen LogP contribution in [0.25, 0.3) is 32.3 Å². The molecule has 7 aromatic carbocycles. The monoisotopic (exact) mass is 898 g/mol. The van der Waals surface area contributed by atoms with Gasteiger partial charge in [0.05, 0.1) is 11.4 Å². The smallest absolute Gasteiger partial charge is 0.125 e. The fourth-order valence-corrected chi connectivity index (χ4v) is 6.81. The molecule has 3 aromatic heterocycles. The van der Waals surface area contributed by atoms with E-state index < -0.39 is 0 Å². The molecular weight excluding hydrogens is 827 g/mol. The summed E-state index contributed by atoms with van der Waals surface area (Å²) in [5, 5.41) is 15.8. The van der Waals surface area contributed by atoms with Crippen LogP contribution in [0.4, 0.5) is 0 Å². The third-order valence-corrected chi connectivity index (χ3v) is 11.0. The van der Waals surface area contributed by atoms with Crippen molar-refractivity contribution in [2.75, 3.05) is 0 Å². The zero-order valence-electron chi connectivity index (χ0n) is 43.0. The highest BCUT2D eigenvalue weighted by Crippen LogP contribution is 2.22. The molecule has 0 saturated carbocycles. The van der Waals surface area contributed by atoms with Crippen LogP contribution in [0.1, 0.15) is 78.5 Å². The number of rotatable bonds is 0. The van der Waals surface area contributed by atoms with Gasteiger partial charge < -0.3 is 0 Å². The Morgan fingerprint density at radius 1 is 0.250 bits per heavy atom. The molecule has 10 aromatic rings. The molecule has 3 heterocycles. The van der Waals surface area contributed by atoms with Crippen LogP contribution in [0.3, 0.4) is 0 Å². The number of aryl methyl sites for hydroxylation is 14. The van der Waals surface area contributed by atoms with E-state index in [1.54, 1.807) is 0 Å². The molecule has 0 amide bonds. The second-order valence-electron chi connectivity index (χ2n) is 17.6. The SMILES string of the molecule is Cc1ccc(C)c2ccccc12.Cc1ccc(C)cc1.Cc1ccc(C)nc1.Cc1ccc(C)nn1.Cc1ccc2cc(C)ccc2c1.Cc1cccc2c(C)cccc12.Cc1cnc(C)nc1. The van der Waals surface area contributed by atoms with E-state index in [2.05, 4.69) is 220 Å². The summed E-state index contributed by atoms with van der Waals surface area (Å²) in [4.78, 5) is 12.0. The molecule has 10 rings (SSSR count). The van der Waals surface area contributed by atoms with E-state index in [9.17, 15) is 0 Å². The van der Waals surface area contributed by atoms with E-state index in [4.69, 9.17) is 0 Å². The highest BCUT2D eigenvalue weighted by Gasteiger charge is 1.99. The summed E-state index contributed by atoms with van der Waals surface area (Å²) >= 11 is 0. The first kappa shape index (κ1) is 53.2. The zero-order valence-corrected chi connectivity index (χ0v) is 43.0. The van der Waals surface area contributed by atoms with E-state index in [1.165, 1.54) is 82.4 Å². The summed E-state index contributed by atoms with van der Waals surface area (Å²) in [7, 11) is 0. The molecule has 5 nitrogen and oxygen atoms in total. The first-order valence-electron chi connectivity index (χ1n) is 23.3. The fourth-order valence-electron chi connectivity index (χ4n) is 6.81. The molecule has 0 aliphatic heterocycles. The van der Waals surface area contributed by atoms with Crippen molar-refractivity contribution >= 4 is 32.3 Å². The lowest BCUT2D eigenvalue weighted by Gasteiger charge is -2.03. The molecule has 0 N–H and O–H groups in total. The predicted octanol–water partition coefficient (Wildman–Crippen LogP) is 16.6. The molecule has 0 bridgehead atoms. The Morgan fingerprint density at radius 3 is 0.941 bits per heavy atom. The van der Waals surface area contributed by atoms with Crippen LogP contribution in [0, 0.1) is 96.9 Å². The summed E-state index contributed by atoms with van der Waals surface area (Å²) < 4.78 is 0. The standard InChI is InChI=1S/3C12H12.C8H10.C7H9N.2C6H8N2/c1-9-3-5-12-8-10(2)4-6-11(12)7-9;1-9-5-3-8-12-10(2)6-4-7-11(9)12;1-9-7-8-10(2)12-6-4-3-5-11(9)12;1-7-3-5-8(2)6-4-7;1-6-3-4-7(2)8-5-6;1-5-3-7-6(2)8-4-5;1-5-3-4-6(2)8-7-5/h3*3-8H,1-2H3;3-6H,1-2H3;3-5H,1-2H3;2*3-4H,1-2H3. The van der Waals surface area contributed by atoms with Gasteiger partial charge in [0.15, 0.2) is 0 Å². The van der Waals surface area contributed by atoms with E-state index >= 15 is 0 Å². The number of hydrogen-bond donors (Lipinski definition) is 0. The Bertz CT molecular complexity index is 2650. The van der Waals surface area contributed by atoms with Gasteiger partial charge in [0.2, 0.25) is 0 Å². The lowest BCUT2D eigenvalue weighted by atomic mass is 10.0. The van der Waals surface area contributed by atoms with Gasteiger partial charge in [0, 0.05) is 24.3 Å². The first-order valence-corrected chi connectivity index (χ1v) is 23.3. The predicted molar refractivity (Wildman–Crippen MR) is 293 cm³/mol. The maximum Gasteiger partial charge on any atom is 0.125 e. The van der Waals surface area contributed by atoms with Crippen LogP contribution in [-0.4, -0.2) is 25.1 Å². The number of nitrogens with zero attached hydrogens (tertiary/aromatic N) is 5. The largest absolute Gasteiger partial charge is 0.261 e. The third kappa shape index (κ3) is 18.5. The Labute approximate surface area is 407 Å². The molecule has 0 saturated heterocycles. The molecule has 68 heavy (non-hydrogen) atoms. The van der Waals surface area contributed by atoms with Crippen LogP contribution in [-0.2, 0) is 0 Å². The van der Waals surface area contributed by atoms with Gasteiger partial charge in [0.1, 0.15) is 5.82 Å². The van der Waals surface area contributed by atoms with Gasteiger partial charge >= 0.3 is 0 Å². The van der Waals surface area contributed by atoms with E-state index in [-0.39, 0.29) is 0 Å². The molecule has 0 unspecified atom stereocenters. The normalized spacial score (nSPS) is 9.91. The van der Waals surface area contributed by atoms with Crippen LogP contribution in [0.2, 0.25) is 0 Å². The molecule has 0 spiro atoms. The summed E-state index contributed by atoms with van der Waals surface area (Å²) in [5.74, 6) is 0.829. The fraction of sp³-hybridized carbons (Fsp3) is 0.222. The average molecular weight is 898 g/mol. The number of pyridine rings is 1.